The fourth-order valence-corrected chi connectivity index (χ4v) is 2.48. The van der Waals surface area contributed by atoms with Crippen molar-refractivity contribution in [2.24, 2.45) is 0 Å². The normalized spacial score (nSPS) is 13.2. The minimum absolute atomic E-state index is 0.574. The predicted molar refractivity (Wildman–Crippen MR) is 74.8 cm³/mol. The number of fused-ring (bicyclic) bond motifs is 1. The Morgan fingerprint density at radius 2 is 2.25 bits per heavy atom. The van der Waals surface area contributed by atoms with Crippen molar-refractivity contribution < 1.29 is 0 Å². The number of nitrogens with one attached hydrogen (secondary N) is 1. The molecule has 1 N–H and O–H groups in total. The molecule has 1 heterocycles. The first-order valence-corrected chi connectivity index (χ1v) is 7.04. The number of rotatable bonds is 3. The van der Waals surface area contributed by atoms with E-state index in [1.54, 1.807) is 0 Å². The first-order chi connectivity index (χ1) is 7.63. The van der Waals surface area contributed by atoms with E-state index in [-0.39, 0.29) is 0 Å². The molecule has 0 aliphatic carbocycles. The third-order valence-corrected chi connectivity index (χ3v) is 4.11. The molecule has 0 aliphatic heterocycles. The van der Waals surface area contributed by atoms with E-state index in [9.17, 15) is 0 Å². The summed E-state index contributed by atoms with van der Waals surface area (Å²) in [5, 5.41) is 0.574. The number of hydrogen-bond acceptors (Lipinski definition) is 2. The lowest BCUT2D eigenvalue weighted by Gasteiger charge is -2.11. The highest BCUT2D eigenvalue weighted by Gasteiger charge is 2.09. The molecular weight excluding hydrogens is 236 g/mol. The average molecular weight is 252 g/mol. The summed E-state index contributed by atoms with van der Waals surface area (Å²) < 4.78 is 3.03. The summed E-state index contributed by atoms with van der Waals surface area (Å²) in [7, 11) is 0. The summed E-state index contributed by atoms with van der Waals surface area (Å²) in [4.78, 5) is 3.27. The van der Waals surface area contributed by atoms with Crippen LogP contribution >= 0.6 is 24.0 Å². The maximum absolute atomic E-state index is 5.38. The number of thioether (sulfide) groups is 1. The number of H-pyrrole nitrogens is 1. The van der Waals surface area contributed by atoms with Crippen LogP contribution in [0.4, 0.5) is 0 Å². The molecule has 0 spiro atoms. The Hall–Kier alpha value is -0.740. The molecule has 0 amide bonds. The molecule has 0 saturated heterocycles. The van der Waals surface area contributed by atoms with Crippen LogP contribution in [0.15, 0.2) is 18.2 Å². The highest BCUT2D eigenvalue weighted by atomic mass is 32.2. The molecule has 0 aliphatic rings. The van der Waals surface area contributed by atoms with Gasteiger partial charge in [0.25, 0.3) is 0 Å². The monoisotopic (exact) mass is 252 g/mol. The molecule has 2 rings (SSSR count). The van der Waals surface area contributed by atoms with Gasteiger partial charge in [-0.15, -0.1) is 0 Å². The molecule has 1 unspecified atom stereocenters. The van der Waals surface area contributed by atoms with Crippen molar-refractivity contribution in [1.82, 2.24) is 9.55 Å². The van der Waals surface area contributed by atoms with Crippen LogP contribution in [0.5, 0.6) is 0 Å². The van der Waals surface area contributed by atoms with E-state index in [0.29, 0.717) is 5.25 Å². The molecule has 86 valence electrons. The molecule has 4 heteroatoms. The molecule has 2 aromatic rings. The number of aromatic amines is 1. The van der Waals surface area contributed by atoms with E-state index in [0.717, 1.165) is 16.8 Å². The second kappa shape index (κ2) is 4.63. The van der Waals surface area contributed by atoms with Crippen LogP contribution in [0.25, 0.3) is 11.0 Å². The lowest BCUT2D eigenvalue weighted by Crippen LogP contribution is -2.09. The first kappa shape index (κ1) is 11.7. The van der Waals surface area contributed by atoms with Crippen molar-refractivity contribution >= 4 is 35.0 Å². The molecule has 1 aromatic heterocycles. The van der Waals surface area contributed by atoms with Crippen molar-refractivity contribution in [3.63, 3.8) is 0 Å². The van der Waals surface area contributed by atoms with Gasteiger partial charge in [-0.25, -0.2) is 0 Å². The molecule has 1 aromatic carbocycles. The number of para-hydroxylation sites is 1. The van der Waals surface area contributed by atoms with Gasteiger partial charge in [-0.3, -0.25) is 0 Å². The number of benzene rings is 1. The van der Waals surface area contributed by atoms with Crippen molar-refractivity contribution in [2.45, 2.75) is 25.6 Å². The molecule has 0 fully saturated rings. The maximum Gasteiger partial charge on any atom is 0.178 e. The average Bonchev–Trinajstić information content (AvgIpc) is 2.56. The van der Waals surface area contributed by atoms with E-state index in [1.165, 1.54) is 11.1 Å². The van der Waals surface area contributed by atoms with Gasteiger partial charge in [-0.1, -0.05) is 19.1 Å². The SMILES string of the molecule is CSC(C)Cn1c(=S)[nH]c2cccc(C)c21. The third kappa shape index (κ3) is 2.04. The zero-order chi connectivity index (χ0) is 11.7. The standard InChI is InChI=1S/C12H16N2S2/c1-8-5-4-6-10-11(8)14(12(15)13-10)7-9(2)16-3/h4-6,9H,7H2,1-3H3,(H,13,15). The topological polar surface area (TPSA) is 20.7 Å². The van der Waals surface area contributed by atoms with Crippen LogP contribution in [0.3, 0.4) is 0 Å². The van der Waals surface area contributed by atoms with Crippen LogP contribution in [0.2, 0.25) is 0 Å². The quantitative estimate of drug-likeness (QED) is 0.840. The summed E-state index contributed by atoms with van der Waals surface area (Å²) in [6.07, 6.45) is 2.13. The van der Waals surface area contributed by atoms with Gasteiger partial charge in [0.2, 0.25) is 0 Å². The van der Waals surface area contributed by atoms with E-state index >= 15 is 0 Å². The zero-order valence-electron chi connectivity index (χ0n) is 9.78. The van der Waals surface area contributed by atoms with Gasteiger partial charge in [-0.2, -0.15) is 11.8 Å². The molecule has 0 bridgehead atoms. The fourth-order valence-electron chi connectivity index (χ4n) is 1.91. The summed E-state index contributed by atoms with van der Waals surface area (Å²) in [6, 6.07) is 6.27. The Morgan fingerprint density at radius 1 is 1.50 bits per heavy atom. The Bertz CT molecular complexity index is 554. The van der Waals surface area contributed by atoms with Gasteiger partial charge in [0.1, 0.15) is 0 Å². The Labute approximate surface area is 105 Å². The highest BCUT2D eigenvalue weighted by Crippen LogP contribution is 2.20. The number of aryl methyl sites for hydroxylation is 1. The van der Waals surface area contributed by atoms with Gasteiger partial charge in [0.05, 0.1) is 11.0 Å². The Morgan fingerprint density at radius 3 is 2.94 bits per heavy atom. The highest BCUT2D eigenvalue weighted by molar-refractivity contribution is 7.99. The van der Waals surface area contributed by atoms with Gasteiger partial charge in [0, 0.05) is 11.8 Å². The largest absolute Gasteiger partial charge is 0.331 e. The number of nitrogens with zero attached hydrogens (tertiary/aromatic N) is 1. The molecule has 0 saturated carbocycles. The lowest BCUT2D eigenvalue weighted by atomic mass is 10.2. The predicted octanol–water partition coefficient (Wildman–Crippen LogP) is 3.76. The van der Waals surface area contributed by atoms with Gasteiger partial charge < -0.3 is 9.55 Å². The number of imidazole rings is 1. The number of hydrogen-bond donors (Lipinski definition) is 1. The summed E-state index contributed by atoms with van der Waals surface area (Å²) in [5.41, 5.74) is 3.66. The van der Waals surface area contributed by atoms with Gasteiger partial charge >= 0.3 is 0 Å². The third-order valence-electron chi connectivity index (χ3n) is 2.84. The van der Waals surface area contributed by atoms with Crippen molar-refractivity contribution in [3.8, 4) is 0 Å². The van der Waals surface area contributed by atoms with Crippen LogP contribution in [0.1, 0.15) is 12.5 Å². The van der Waals surface area contributed by atoms with Gasteiger partial charge in [0.15, 0.2) is 4.77 Å². The van der Waals surface area contributed by atoms with Crippen LogP contribution < -0.4 is 0 Å². The van der Waals surface area contributed by atoms with Gasteiger partial charge in [-0.05, 0) is 37.0 Å². The second-order valence-corrected chi connectivity index (χ2v) is 5.72. The van der Waals surface area contributed by atoms with Crippen LogP contribution in [0, 0.1) is 11.7 Å². The Balaban J connectivity index is 2.59. The minimum Gasteiger partial charge on any atom is -0.331 e. The summed E-state index contributed by atoms with van der Waals surface area (Å²) >= 11 is 7.24. The first-order valence-electron chi connectivity index (χ1n) is 5.34. The van der Waals surface area contributed by atoms with Crippen LogP contribution in [-0.4, -0.2) is 21.1 Å². The Kier molecular flexibility index (Phi) is 3.40. The number of aromatic nitrogens is 2. The van der Waals surface area contributed by atoms with E-state index < -0.39 is 0 Å². The molecule has 0 radical (unpaired) electrons. The van der Waals surface area contributed by atoms with E-state index in [1.807, 2.05) is 11.8 Å². The van der Waals surface area contributed by atoms with Crippen LogP contribution in [-0.2, 0) is 6.54 Å². The molecule has 16 heavy (non-hydrogen) atoms. The smallest absolute Gasteiger partial charge is 0.178 e. The minimum atomic E-state index is 0.574. The molecule has 2 nitrogen and oxygen atoms in total. The maximum atomic E-state index is 5.38. The lowest BCUT2D eigenvalue weighted by molar-refractivity contribution is 0.701. The van der Waals surface area contributed by atoms with Crippen molar-refractivity contribution in [1.29, 1.82) is 0 Å². The van der Waals surface area contributed by atoms with E-state index in [2.05, 4.69) is 47.9 Å². The molecule has 1 atom stereocenters. The molecular formula is C12H16N2S2. The second-order valence-electron chi connectivity index (χ2n) is 4.06. The summed E-state index contributed by atoms with van der Waals surface area (Å²) in [5.74, 6) is 0. The van der Waals surface area contributed by atoms with Crippen molar-refractivity contribution in [2.75, 3.05) is 6.26 Å². The zero-order valence-corrected chi connectivity index (χ0v) is 11.4. The fraction of sp³-hybridized carbons (Fsp3) is 0.417. The summed E-state index contributed by atoms with van der Waals surface area (Å²) in [6.45, 7) is 5.32. The van der Waals surface area contributed by atoms with Crippen molar-refractivity contribution in [3.05, 3.63) is 28.5 Å². The van der Waals surface area contributed by atoms with E-state index in [4.69, 9.17) is 12.2 Å².